The fraction of sp³-hybridized carbons (Fsp3) is 0.143. The van der Waals surface area contributed by atoms with Gasteiger partial charge in [0, 0.05) is 5.92 Å². The van der Waals surface area contributed by atoms with E-state index in [-0.39, 0.29) is 0 Å². The minimum Gasteiger partial charge on any atom is -0.0767 e. The standard InChI is InChI=1S/C14H11/c1-2-10-9-12-7-3-5-11-6-4-8-13(10)14(11)12/h1-8,10H,9H2. The zero-order chi connectivity index (χ0) is 9.54. The van der Waals surface area contributed by atoms with Crippen molar-refractivity contribution in [3.8, 4) is 0 Å². The minimum atomic E-state index is 0.413. The fourth-order valence-electron chi connectivity index (χ4n) is 2.45. The highest BCUT2D eigenvalue weighted by Crippen LogP contribution is 2.38. The molecule has 0 heteroatoms. The molecule has 0 aromatic heterocycles. The average molecular weight is 179 g/mol. The molecule has 1 aliphatic carbocycles. The quantitative estimate of drug-likeness (QED) is 0.628. The topological polar surface area (TPSA) is 0 Å². The predicted octanol–water partition coefficient (Wildman–Crippen LogP) is 3.47. The van der Waals surface area contributed by atoms with Crippen molar-refractivity contribution in [2.75, 3.05) is 0 Å². The molecule has 0 bridgehead atoms. The molecule has 14 heavy (non-hydrogen) atoms. The van der Waals surface area contributed by atoms with Crippen molar-refractivity contribution in [3.05, 3.63) is 60.2 Å². The van der Waals surface area contributed by atoms with Crippen LogP contribution >= 0.6 is 0 Å². The first-order valence-electron chi connectivity index (χ1n) is 4.96. The van der Waals surface area contributed by atoms with Gasteiger partial charge >= 0.3 is 0 Å². The number of rotatable bonds is 1. The van der Waals surface area contributed by atoms with Crippen LogP contribution in [0.3, 0.4) is 0 Å². The Hall–Kier alpha value is -1.56. The molecule has 0 N–H and O–H groups in total. The summed E-state index contributed by atoms with van der Waals surface area (Å²) < 4.78 is 0. The van der Waals surface area contributed by atoms with Gasteiger partial charge in [0.1, 0.15) is 0 Å². The van der Waals surface area contributed by atoms with E-state index in [4.69, 9.17) is 6.58 Å². The van der Waals surface area contributed by atoms with Crippen molar-refractivity contribution in [2.24, 2.45) is 0 Å². The van der Waals surface area contributed by atoms with E-state index < -0.39 is 0 Å². The molecule has 0 fully saturated rings. The molecule has 2 aromatic rings. The third kappa shape index (κ3) is 0.884. The van der Waals surface area contributed by atoms with Crippen LogP contribution in [0.2, 0.25) is 0 Å². The summed E-state index contributed by atoms with van der Waals surface area (Å²) in [6.07, 6.45) is 2.88. The lowest BCUT2D eigenvalue weighted by molar-refractivity contribution is 0.884. The summed E-state index contributed by atoms with van der Waals surface area (Å²) in [6, 6.07) is 13.0. The van der Waals surface area contributed by atoms with E-state index in [1.165, 1.54) is 21.9 Å². The van der Waals surface area contributed by atoms with Crippen LogP contribution in [0.15, 0.2) is 42.5 Å². The van der Waals surface area contributed by atoms with Crippen LogP contribution in [0.1, 0.15) is 17.0 Å². The van der Waals surface area contributed by atoms with Crippen LogP contribution in [-0.2, 0) is 6.42 Å². The van der Waals surface area contributed by atoms with Crippen LogP contribution in [0.25, 0.3) is 10.8 Å². The monoisotopic (exact) mass is 179 g/mol. The molecular formula is C14H11. The van der Waals surface area contributed by atoms with Crippen molar-refractivity contribution in [3.63, 3.8) is 0 Å². The SMILES string of the molecule is [CH]=CC1Cc2cccc3cccc1c23. The van der Waals surface area contributed by atoms with Gasteiger partial charge in [-0.25, -0.2) is 0 Å². The summed E-state index contributed by atoms with van der Waals surface area (Å²) in [5.41, 5.74) is 2.82. The molecule has 1 atom stereocenters. The van der Waals surface area contributed by atoms with Gasteiger partial charge in [-0.05, 0) is 28.3 Å². The molecule has 0 heterocycles. The van der Waals surface area contributed by atoms with Crippen molar-refractivity contribution in [1.29, 1.82) is 0 Å². The first-order valence-corrected chi connectivity index (χ1v) is 4.96. The Morgan fingerprint density at radius 2 is 1.93 bits per heavy atom. The molecule has 0 saturated carbocycles. The Morgan fingerprint density at radius 1 is 1.14 bits per heavy atom. The van der Waals surface area contributed by atoms with Crippen LogP contribution < -0.4 is 0 Å². The zero-order valence-electron chi connectivity index (χ0n) is 7.90. The summed E-state index contributed by atoms with van der Waals surface area (Å²) in [5, 5.41) is 2.76. The maximum atomic E-state index is 5.66. The Bertz CT molecular complexity index is 503. The number of benzene rings is 2. The third-order valence-electron chi connectivity index (χ3n) is 3.09. The third-order valence-corrected chi connectivity index (χ3v) is 3.09. The molecule has 1 radical (unpaired) electrons. The van der Waals surface area contributed by atoms with E-state index in [9.17, 15) is 0 Å². The van der Waals surface area contributed by atoms with Crippen molar-refractivity contribution >= 4 is 10.8 Å². The Morgan fingerprint density at radius 3 is 2.71 bits per heavy atom. The highest BCUT2D eigenvalue weighted by Gasteiger charge is 2.20. The van der Waals surface area contributed by atoms with E-state index in [0.29, 0.717) is 5.92 Å². The lowest BCUT2D eigenvalue weighted by Crippen LogP contribution is -1.89. The van der Waals surface area contributed by atoms with Gasteiger partial charge in [0.25, 0.3) is 0 Å². The normalized spacial score (nSPS) is 18.7. The van der Waals surface area contributed by atoms with Crippen molar-refractivity contribution in [1.82, 2.24) is 0 Å². The molecule has 0 nitrogen and oxygen atoms in total. The lowest BCUT2D eigenvalue weighted by atomic mass is 10.0. The van der Waals surface area contributed by atoms with Gasteiger partial charge in [0.05, 0.1) is 0 Å². The molecule has 0 spiro atoms. The molecule has 0 aliphatic heterocycles. The van der Waals surface area contributed by atoms with Crippen LogP contribution in [0.4, 0.5) is 0 Å². The molecule has 2 aromatic carbocycles. The highest BCUT2D eigenvalue weighted by molar-refractivity contribution is 5.91. The summed E-state index contributed by atoms with van der Waals surface area (Å²) in [7, 11) is 0. The van der Waals surface area contributed by atoms with Gasteiger partial charge in [-0.3, -0.25) is 0 Å². The average Bonchev–Trinajstić information content (AvgIpc) is 2.60. The zero-order valence-corrected chi connectivity index (χ0v) is 7.90. The van der Waals surface area contributed by atoms with Crippen LogP contribution in [0, 0.1) is 6.58 Å². The second-order valence-electron chi connectivity index (χ2n) is 3.87. The molecule has 0 amide bonds. The van der Waals surface area contributed by atoms with E-state index in [2.05, 4.69) is 36.4 Å². The number of allylic oxidation sites excluding steroid dienone is 1. The summed E-state index contributed by atoms with van der Waals surface area (Å²) in [5.74, 6) is 0.413. The summed E-state index contributed by atoms with van der Waals surface area (Å²) in [4.78, 5) is 0. The predicted molar refractivity (Wildman–Crippen MR) is 59.3 cm³/mol. The van der Waals surface area contributed by atoms with Crippen molar-refractivity contribution in [2.45, 2.75) is 12.3 Å². The number of hydrogen-bond acceptors (Lipinski definition) is 0. The Kier molecular flexibility index (Phi) is 1.51. The summed E-state index contributed by atoms with van der Waals surface area (Å²) in [6.45, 7) is 5.66. The maximum absolute atomic E-state index is 5.66. The molecule has 0 saturated heterocycles. The van der Waals surface area contributed by atoms with Crippen LogP contribution in [0.5, 0.6) is 0 Å². The van der Waals surface area contributed by atoms with E-state index >= 15 is 0 Å². The molecule has 3 rings (SSSR count). The smallest absolute Gasteiger partial charge is 0.00679 e. The van der Waals surface area contributed by atoms with E-state index in [0.717, 1.165) is 6.42 Å². The maximum Gasteiger partial charge on any atom is 0.00679 e. The molecular weight excluding hydrogens is 168 g/mol. The second kappa shape index (κ2) is 2.71. The fourth-order valence-corrected chi connectivity index (χ4v) is 2.45. The first kappa shape index (κ1) is 7.81. The lowest BCUT2D eigenvalue weighted by Gasteiger charge is -2.03. The Balaban J connectivity index is 2.43. The van der Waals surface area contributed by atoms with Gasteiger partial charge in [-0.15, -0.1) is 0 Å². The van der Waals surface area contributed by atoms with E-state index in [1.54, 1.807) is 0 Å². The molecule has 67 valence electrons. The van der Waals surface area contributed by atoms with Crippen LogP contribution in [-0.4, -0.2) is 0 Å². The van der Waals surface area contributed by atoms with E-state index in [1.807, 2.05) is 6.08 Å². The largest absolute Gasteiger partial charge is 0.0767 e. The number of hydrogen-bond donors (Lipinski definition) is 0. The van der Waals surface area contributed by atoms with Gasteiger partial charge in [0.2, 0.25) is 0 Å². The minimum absolute atomic E-state index is 0.413. The summed E-state index contributed by atoms with van der Waals surface area (Å²) >= 11 is 0. The van der Waals surface area contributed by atoms with Gasteiger partial charge < -0.3 is 0 Å². The molecule has 1 aliphatic rings. The highest BCUT2D eigenvalue weighted by atomic mass is 14.2. The van der Waals surface area contributed by atoms with Crippen molar-refractivity contribution < 1.29 is 0 Å². The second-order valence-corrected chi connectivity index (χ2v) is 3.87. The van der Waals surface area contributed by atoms with Gasteiger partial charge in [0.15, 0.2) is 0 Å². The van der Waals surface area contributed by atoms with Gasteiger partial charge in [-0.2, -0.15) is 0 Å². The first-order chi connectivity index (χ1) is 6.90. The van der Waals surface area contributed by atoms with Gasteiger partial charge in [-0.1, -0.05) is 49.1 Å². The Labute approximate surface area is 83.9 Å². The molecule has 1 unspecified atom stereocenters.